The van der Waals surface area contributed by atoms with E-state index in [-0.39, 0.29) is 12.1 Å². The van der Waals surface area contributed by atoms with Crippen molar-refractivity contribution in [1.29, 1.82) is 0 Å². The van der Waals surface area contributed by atoms with Gasteiger partial charge in [-0.3, -0.25) is 4.79 Å². The smallest absolute Gasteiger partial charge is 0.254 e. The zero-order chi connectivity index (χ0) is 15.4. The number of nitrogen functional groups attached to an aromatic ring is 1. The number of nitrogens with two attached hydrogens (primary N) is 1. The molecule has 0 aliphatic heterocycles. The topological polar surface area (TPSA) is 75.3 Å². The highest BCUT2D eigenvalue weighted by molar-refractivity contribution is 5.94. The van der Waals surface area contributed by atoms with Gasteiger partial charge in [-0.15, -0.1) is 0 Å². The van der Waals surface area contributed by atoms with Crippen LogP contribution < -0.4 is 11.1 Å². The first-order valence-corrected chi connectivity index (χ1v) is 6.55. The molecule has 4 N–H and O–H groups in total. The number of anilines is 1. The number of hydrogen-bond acceptors (Lipinski definition) is 3. The van der Waals surface area contributed by atoms with Gasteiger partial charge in [0.05, 0.1) is 11.7 Å². The number of nitrogens with one attached hydrogen (secondary N) is 1. The van der Waals surface area contributed by atoms with Crippen LogP contribution in [-0.4, -0.2) is 17.6 Å². The van der Waals surface area contributed by atoms with Gasteiger partial charge in [-0.25, -0.2) is 4.39 Å². The predicted molar refractivity (Wildman–Crippen MR) is 79.3 cm³/mol. The molecule has 0 aromatic heterocycles. The van der Waals surface area contributed by atoms with Crippen LogP contribution in [0.1, 0.15) is 27.6 Å². The Morgan fingerprint density at radius 1 is 1.29 bits per heavy atom. The maximum Gasteiger partial charge on any atom is 0.254 e. The number of halogens is 1. The van der Waals surface area contributed by atoms with Crippen LogP contribution in [0, 0.1) is 12.7 Å². The first kappa shape index (κ1) is 15.0. The maximum absolute atomic E-state index is 13.7. The lowest BCUT2D eigenvalue weighted by Crippen LogP contribution is -2.29. The summed E-state index contributed by atoms with van der Waals surface area (Å²) < 4.78 is 13.7. The lowest BCUT2D eigenvalue weighted by molar-refractivity contribution is 0.0912. The minimum atomic E-state index is -0.872. The first-order valence-electron chi connectivity index (χ1n) is 6.55. The van der Waals surface area contributed by atoms with Gasteiger partial charge in [0, 0.05) is 12.2 Å². The highest BCUT2D eigenvalue weighted by Gasteiger charge is 2.14. The third-order valence-electron chi connectivity index (χ3n) is 3.15. The molecule has 0 aliphatic carbocycles. The molecule has 110 valence electrons. The fraction of sp³-hybridized carbons (Fsp3) is 0.188. The van der Waals surface area contributed by atoms with Gasteiger partial charge in [0.1, 0.15) is 5.82 Å². The van der Waals surface area contributed by atoms with Gasteiger partial charge >= 0.3 is 0 Å². The molecule has 0 heterocycles. The fourth-order valence-corrected chi connectivity index (χ4v) is 1.92. The SMILES string of the molecule is Cc1ccc(C(=O)NCC(O)c2ccc(N)cc2)c(F)c1. The summed E-state index contributed by atoms with van der Waals surface area (Å²) in [5.74, 6) is -1.13. The number of amides is 1. The van der Waals surface area contributed by atoms with Gasteiger partial charge in [0.2, 0.25) is 0 Å². The number of hydrogen-bond donors (Lipinski definition) is 3. The summed E-state index contributed by atoms with van der Waals surface area (Å²) in [6, 6.07) is 11.1. The van der Waals surface area contributed by atoms with Gasteiger partial charge in [-0.05, 0) is 42.3 Å². The quantitative estimate of drug-likeness (QED) is 0.755. The van der Waals surface area contributed by atoms with Crippen LogP contribution in [0.25, 0.3) is 0 Å². The summed E-state index contributed by atoms with van der Waals surface area (Å²) in [5.41, 5.74) is 7.49. The van der Waals surface area contributed by atoms with E-state index in [0.29, 0.717) is 11.3 Å². The molecule has 2 aromatic carbocycles. The van der Waals surface area contributed by atoms with Crippen molar-refractivity contribution in [3.05, 3.63) is 65.0 Å². The van der Waals surface area contributed by atoms with Gasteiger partial charge in [0.15, 0.2) is 0 Å². The second kappa shape index (κ2) is 6.37. The maximum atomic E-state index is 13.7. The summed E-state index contributed by atoms with van der Waals surface area (Å²) in [6.45, 7) is 1.74. The van der Waals surface area contributed by atoms with Gasteiger partial charge in [-0.1, -0.05) is 18.2 Å². The van der Waals surface area contributed by atoms with E-state index in [9.17, 15) is 14.3 Å². The van der Waals surface area contributed by atoms with Gasteiger partial charge in [-0.2, -0.15) is 0 Å². The molecule has 0 bridgehead atoms. The standard InChI is InChI=1S/C16H17FN2O2/c1-10-2-7-13(14(17)8-10)16(21)19-9-15(20)11-3-5-12(18)6-4-11/h2-8,15,20H,9,18H2,1H3,(H,19,21). The van der Waals surface area contributed by atoms with Crippen LogP contribution in [0.5, 0.6) is 0 Å². The van der Waals surface area contributed by atoms with E-state index in [1.807, 2.05) is 0 Å². The van der Waals surface area contributed by atoms with Gasteiger partial charge < -0.3 is 16.2 Å². The Hall–Kier alpha value is -2.40. The molecule has 2 rings (SSSR count). The third kappa shape index (κ3) is 3.79. The van der Waals surface area contributed by atoms with E-state index in [2.05, 4.69) is 5.32 Å². The van der Waals surface area contributed by atoms with Crippen molar-refractivity contribution in [2.75, 3.05) is 12.3 Å². The Morgan fingerprint density at radius 2 is 1.95 bits per heavy atom. The zero-order valence-corrected chi connectivity index (χ0v) is 11.6. The second-order valence-corrected chi connectivity index (χ2v) is 4.88. The minimum absolute atomic E-state index is 0.00390. The first-order chi connectivity index (χ1) is 9.97. The number of benzene rings is 2. The van der Waals surface area contributed by atoms with E-state index in [1.54, 1.807) is 37.3 Å². The molecule has 2 aromatic rings. The van der Waals surface area contributed by atoms with Crippen molar-refractivity contribution in [3.8, 4) is 0 Å². The number of carbonyl (C=O) groups is 1. The molecule has 0 saturated heterocycles. The number of aliphatic hydroxyl groups excluding tert-OH is 1. The van der Waals surface area contributed by atoms with Crippen molar-refractivity contribution in [3.63, 3.8) is 0 Å². The van der Waals surface area contributed by atoms with Crippen LogP contribution in [0.2, 0.25) is 0 Å². The van der Waals surface area contributed by atoms with E-state index >= 15 is 0 Å². The fourth-order valence-electron chi connectivity index (χ4n) is 1.92. The van der Waals surface area contributed by atoms with Crippen LogP contribution in [0.15, 0.2) is 42.5 Å². The van der Waals surface area contributed by atoms with Crippen molar-refractivity contribution < 1.29 is 14.3 Å². The molecule has 21 heavy (non-hydrogen) atoms. The summed E-state index contributed by atoms with van der Waals surface area (Å²) in [7, 11) is 0. The van der Waals surface area contributed by atoms with Crippen LogP contribution >= 0.6 is 0 Å². The summed E-state index contributed by atoms with van der Waals surface area (Å²) in [5, 5.41) is 12.5. The molecule has 0 spiro atoms. The Bertz CT molecular complexity index is 641. The van der Waals surface area contributed by atoms with Crippen LogP contribution in [-0.2, 0) is 0 Å². The molecule has 5 heteroatoms. The number of aryl methyl sites for hydroxylation is 1. The van der Waals surface area contributed by atoms with E-state index in [1.165, 1.54) is 12.1 Å². The van der Waals surface area contributed by atoms with Crippen LogP contribution in [0.4, 0.5) is 10.1 Å². The average Bonchev–Trinajstić information content (AvgIpc) is 2.45. The average molecular weight is 288 g/mol. The molecule has 4 nitrogen and oxygen atoms in total. The third-order valence-corrected chi connectivity index (χ3v) is 3.15. The molecule has 0 radical (unpaired) electrons. The zero-order valence-electron chi connectivity index (χ0n) is 11.6. The van der Waals surface area contributed by atoms with Crippen molar-refractivity contribution >= 4 is 11.6 Å². The number of rotatable bonds is 4. The molecular formula is C16H17FN2O2. The lowest BCUT2D eigenvalue weighted by Gasteiger charge is -2.13. The van der Waals surface area contributed by atoms with E-state index < -0.39 is 17.8 Å². The summed E-state index contributed by atoms with van der Waals surface area (Å²) in [4.78, 5) is 11.9. The molecule has 0 saturated carbocycles. The predicted octanol–water partition coefficient (Wildman–Crippen LogP) is 2.18. The number of carbonyl (C=O) groups excluding carboxylic acids is 1. The van der Waals surface area contributed by atoms with E-state index in [4.69, 9.17) is 5.73 Å². The Morgan fingerprint density at radius 3 is 2.57 bits per heavy atom. The van der Waals surface area contributed by atoms with Crippen LogP contribution in [0.3, 0.4) is 0 Å². The molecule has 1 unspecified atom stereocenters. The normalized spacial score (nSPS) is 12.0. The Kier molecular flexibility index (Phi) is 4.55. The van der Waals surface area contributed by atoms with Crippen molar-refractivity contribution in [2.45, 2.75) is 13.0 Å². The molecule has 1 atom stereocenters. The minimum Gasteiger partial charge on any atom is -0.399 e. The highest BCUT2D eigenvalue weighted by atomic mass is 19.1. The molecule has 1 amide bonds. The monoisotopic (exact) mass is 288 g/mol. The van der Waals surface area contributed by atoms with Crippen molar-refractivity contribution in [2.24, 2.45) is 0 Å². The van der Waals surface area contributed by atoms with Gasteiger partial charge in [0.25, 0.3) is 5.91 Å². The molecule has 0 fully saturated rings. The van der Waals surface area contributed by atoms with Crippen molar-refractivity contribution in [1.82, 2.24) is 5.32 Å². The lowest BCUT2D eigenvalue weighted by atomic mass is 10.1. The number of aliphatic hydroxyl groups is 1. The Labute approximate surface area is 122 Å². The van der Waals surface area contributed by atoms with E-state index in [0.717, 1.165) is 5.56 Å². The molecular weight excluding hydrogens is 271 g/mol. The summed E-state index contributed by atoms with van der Waals surface area (Å²) in [6.07, 6.45) is -0.872. The Balaban J connectivity index is 1.99. The largest absolute Gasteiger partial charge is 0.399 e. The highest BCUT2D eigenvalue weighted by Crippen LogP contribution is 2.14. The molecule has 0 aliphatic rings. The second-order valence-electron chi connectivity index (χ2n) is 4.88. The summed E-state index contributed by atoms with van der Waals surface area (Å²) >= 11 is 0.